The minimum absolute atomic E-state index is 0.947. The van der Waals surface area contributed by atoms with E-state index in [1.54, 1.807) is 0 Å². The van der Waals surface area contributed by atoms with E-state index in [9.17, 15) is 0 Å². The van der Waals surface area contributed by atoms with Crippen LogP contribution in [0.1, 0.15) is 10.4 Å². The molecule has 13 heavy (non-hydrogen) atoms. The fourth-order valence-electron chi connectivity index (χ4n) is 1.28. The maximum atomic E-state index is 3.54. The SMILES string of the molecule is Cc1cc2sc(CBr)cc2cc1Br. The Morgan fingerprint density at radius 1 is 1.31 bits per heavy atom. The van der Waals surface area contributed by atoms with Crippen molar-refractivity contribution >= 4 is 53.3 Å². The van der Waals surface area contributed by atoms with Crippen molar-refractivity contribution in [3.63, 3.8) is 0 Å². The van der Waals surface area contributed by atoms with Gasteiger partial charge < -0.3 is 0 Å². The summed E-state index contributed by atoms with van der Waals surface area (Å²) in [6, 6.07) is 6.66. The van der Waals surface area contributed by atoms with E-state index in [4.69, 9.17) is 0 Å². The number of alkyl halides is 1. The Balaban J connectivity index is 2.70. The highest BCUT2D eigenvalue weighted by molar-refractivity contribution is 9.10. The predicted molar refractivity (Wildman–Crippen MR) is 66.9 cm³/mol. The second kappa shape index (κ2) is 3.71. The molecule has 0 N–H and O–H groups in total. The summed E-state index contributed by atoms with van der Waals surface area (Å²) in [6.45, 7) is 2.12. The first-order valence-corrected chi connectivity index (χ1v) is 6.68. The monoisotopic (exact) mass is 318 g/mol. The maximum Gasteiger partial charge on any atom is 0.0377 e. The highest BCUT2D eigenvalue weighted by Crippen LogP contribution is 2.31. The topological polar surface area (TPSA) is 0 Å². The summed E-state index contributed by atoms with van der Waals surface area (Å²) in [5.41, 5.74) is 1.30. The first kappa shape index (κ1) is 9.69. The van der Waals surface area contributed by atoms with Gasteiger partial charge in [0.25, 0.3) is 0 Å². The van der Waals surface area contributed by atoms with Crippen LogP contribution in [-0.2, 0) is 5.33 Å². The summed E-state index contributed by atoms with van der Waals surface area (Å²) >= 11 is 8.86. The molecule has 2 rings (SSSR count). The Hall–Kier alpha value is 0.140. The summed E-state index contributed by atoms with van der Waals surface area (Å²) < 4.78 is 2.56. The number of aryl methyl sites for hydroxylation is 1. The molecule has 1 aromatic heterocycles. The van der Waals surface area contributed by atoms with Gasteiger partial charge in [-0.15, -0.1) is 11.3 Å². The van der Waals surface area contributed by atoms with Gasteiger partial charge in [-0.05, 0) is 36.1 Å². The van der Waals surface area contributed by atoms with Crippen molar-refractivity contribution in [1.29, 1.82) is 0 Å². The molecule has 0 fully saturated rings. The maximum absolute atomic E-state index is 3.54. The van der Waals surface area contributed by atoms with Gasteiger partial charge in [0.05, 0.1) is 0 Å². The molecule has 0 radical (unpaired) electrons. The molecular weight excluding hydrogens is 312 g/mol. The van der Waals surface area contributed by atoms with Crippen LogP contribution in [0.3, 0.4) is 0 Å². The normalized spacial score (nSPS) is 11.0. The van der Waals surface area contributed by atoms with Crippen LogP contribution in [0.5, 0.6) is 0 Å². The molecule has 1 heterocycles. The minimum atomic E-state index is 0.947. The average Bonchev–Trinajstić information content (AvgIpc) is 2.48. The van der Waals surface area contributed by atoms with Crippen LogP contribution >= 0.6 is 43.2 Å². The van der Waals surface area contributed by atoms with Crippen LogP contribution in [0.4, 0.5) is 0 Å². The lowest BCUT2D eigenvalue weighted by Gasteiger charge is -1.96. The Kier molecular flexibility index (Phi) is 2.77. The molecule has 0 spiro atoms. The Morgan fingerprint density at radius 3 is 2.77 bits per heavy atom. The van der Waals surface area contributed by atoms with E-state index < -0.39 is 0 Å². The van der Waals surface area contributed by atoms with Crippen LogP contribution < -0.4 is 0 Å². The van der Waals surface area contributed by atoms with Gasteiger partial charge in [-0.2, -0.15) is 0 Å². The molecule has 0 saturated carbocycles. The molecule has 68 valence electrons. The van der Waals surface area contributed by atoms with Crippen molar-refractivity contribution < 1.29 is 0 Å². The summed E-state index contributed by atoms with van der Waals surface area (Å²) in [6.07, 6.45) is 0. The first-order valence-electron chi connectivity index (χ1n) is 3.95. The van der Waals surface area contributed by atoms with Gasteiger partial charge in [0.15, 0.2) is 0 Å². The molecule has 0 unspecified atom stereocenters. The molecule has 2 aromatic rings. The van der Waals surface area contributed by atoms with Gasteiger partial charge in [-0.1, -0.05) is 31.9 Å². The number of halogens is 2. The van der Waals surface area contributed by atoms with Crippen LogP contribution in [0.25, 0.3) is 10.1 Å². The summed E-state index contributed by atoms with van der Waals surface area (Å²) in [5.74, 6) is 0. The van der Waals surface area contributed by atoms with Crippen molar-refractivity contribution in [1.82, 2.24) is 0 Å². The van der Waals surface area contributed by atoms with E-state index in [0.29, 0.717) is 0 Å². The summed E-state index contributed by atoms with van der Waals surface area (Å²) in [5, 5.41) is 2.28. The van der Waals surface area contributed by atoms with E-state index in [1.807, 2.05) is 11.3 Å². The van der Waals surface area contributed by atoms with Crippen molar-refractivity contribution in [3.05, 3.63) is 33.1 Å². The standard InChI is InChI=1S/C10H8Br2S/c1-6-2-10-7(4-9(6)12)3-8(5-11)13-10/h2-4H,5H2,1H3. The Labute approximate surface area is 98.2 Å². The molecule has 0 aliphatic heterocycles. The number of rotatable bonds is 1. The number of hydrogen-bond donors (Lipinski definition) is 0. The third-order valence-electron chi connectivity index (χ3n) is 1.98. The Morgan fingerprint density at radius 2 is 2.08 bits per heavy atom. The van der Waals surface area contributed by atoms with Gasteiger partial charge in [0, 0.05) is 19.4 Å². The summed E-state index contributed by atoms with van der Waals surface area (Å²) in [4.78, 5) is 1.38. The van der Waals surface area contributed by atoms with Crippen LogP contribution in [0.2, 0.25) is 0 Å². The van der Waals surface area contributed by atoms with Crippen molar-refractivity contribution in [3.8, 4) is 0 Å². The molecule has 0 nitrogen and oxygen atoms in total. The molecule has 0 saturated heterocycles. The fourth-order valence-corrected chi connectivity index (χ4v) is 3.14. The van der Waals surface area contributed by atoms with Crippen LogP contribution in [0.15, 0.2) is 22.7 Å². The zero-order valence-corrected chi connectivity index (χ0v) is 11.1. The van der Waals surface area contributed by atoms with Crippen LogP contribution in [-0.4, -0.2) is 0 Å². The first-order chi connectivity index (χ1) is 6.20. The smallest absolute Gasteiger partial charge is 0.0377 e. The fraction of sp³-hybridized carbons (Fsp3) is 0.200. The van der Waals surface area contributed by atoms with Crippen molar-refractivity contribution in [2.45, 2.75) is 12.3 Å². The second-order valence-corrected chi connectivity index (χ2v) is 5.57. The van der Waals surface area contributed by atoms with E-state index in [-0.39, 0.29) is 0 Å². The van der Waals surface area contributed by atoms with Gasteiger partial charge in [-0.25, -0.2) is 0 Å². The molecule has 0 aliphatic rings. The van der Waals surface area contributed by atoms with Crippen molar-refractivity contribution in [2.24, 2.45) is 0 Å². The van der Waals surface area contributed by atoms with E-state index >= 15 is 0 Å². The van der Waals surface area contributed by atoms with Gasteiger partial charge in [-0.3, -0.25) is 0 Å². The van der Waals surface area contributed by atoms with Gasteiger partial charge in [0.1, 0.15) is 0 Å². The minimum Gasteiger partial charge on any atom is -0.139 e. The molecule has 0 atom stereocenters. The third kappa shape index (κ3) is 1.83. The summed E-state index contributed by atoms with van der Waals surface area (Å²) in [7, 11) is 0. The van der Waals surface area contributed by atoms with Crippen LogP contribution in [0, 0.1) is 6.92 Å². The van der Waals surface area contributed by atoms with Gasteiger partial charge >= 0.3 is 0 Å². The largest absolute Gasteiger partial charge is 0.139 e. The molecule has 1 aromatic carbocycles. The molecule has 0 amide bonds. The van der Waals surface area contributed by atoms with Gasteiger partial charge in [0.2, 0.25) is 0 Å². The molecule has 0 aliphatic carbocycles. The third-order valence-corrected chi connectivity index (χ3v) is 4.91. The Bertz CT molecular complexity index is 406. The van der Waals surface area contributed by atoms with Crippen molar-refractivity contribution in [2.75, 3.05) is 0 Å². The second-order valence-electron chi connectivity index (χ2n) is 2.99. The average molecular weight is 320 g/mol. The number of thiophene rings is 1. The number of hydrogen-bond acceptors (Lipinski definition) is 1. The zero-order valence-electron chi connectivity index (χ0n) is 7.10. The number of fused-ring (bicyclic) bond motifs is 1. The highest BCUT2D eigenvalue weighted by Gasteiger charge is 2.03. The predicted octanol–water partition coefficient (Wildman–Crippen LogP) is 4.87. The lowest BCUT2D eigenvalue weighted by atomic mass is 10.2. The zero-order chi connectivity index (χ0) is 9.42. The lowest BCUT2D eigenvalue weighted by molar-refractivity contribution is 1.47. The highest BCUT2D eigenvalue weighted by atomic mass is 79.9. The quantitative estimate of drug-likeness (QED) is 0.658. The van der Waals surface area contributed by atoms with E-state index in [2.05, 4.69) is 57.0 Å². The van der Waals surface area contributed by atoms with E-state index in [0.717, 1.165) is 5.33 Å². The van der Waals surface area contributed by atoms with E-state index in [1.165, 1.54) is 25.0 Å². The number of benzene rings is 1. The lowest BCUT2D eigenvalue weighted by Crippen LogP contribution is -1.72. The molecular formula is C10H8Br2S. The molecule has 3 heteroatoms. The molecule has 0 bridgehead atoms.